The van der Waals surface area contributed by atoms with Crippen LogP contribution < -0.4 is 10.1 Å². The third kappa shape index (κ3) is 4.88. The number of nitrogens with one attached hydrogen (secondary N) is 2. The molecule has 3 aliphatic rings. The van der Waals surface area contributed by atoms with Crippen LogP contribution in [0.2, 0.25) is 0 Å². The number of aliphatic hydroxyl groups is 1. The number of nitrogens with zero attached hydrogens (tertiary/aromatic N) is 4. The molecule has 200 valence electrons. The van der Waals surface area contributed by atoms with Crippen molar-refractivity contribution < 1.29 is 32.6 Å². The van der Waals surface area contributed by atoms with Crippen molar-refractivity contribution in [2.75, 3.05) is 13.7 Å². The molecule has 0 aromatic carbocycles. The lowest BCUT2D eigenvalue weighted by atomic mass is 9.81. The fraction of sp³-hybridized carbons (Fsp3) is 0.625. The van der Waals surface area contributed by atoms with E-state index in [9.17, 15) is 27.9 Å². The molecule has 2 aromatic rings. The van der Waals surface area contributed by atoms with E-state index < -0.39 is 36.2 Å². The van der Waals surface area contributed by atoms with E-state index in [-0.39, 0.29) is 36.3 Å². The number of carbonyl (C=O) groups is 2. The standard InChI is InChI=1S/C24H29F3N6O4/c1-37-19-11-16(28-13-29-19)17-10-18(32-31-17)21(35)33-9-4-14(12-22(33)7-8-22)20(34)30-15-2-5-23(36,6-3-15)24(25,26)27/h10-11,13-15,36H,2-9,12H2,1H3,(H,30,34)(H,31,32)/t14-,15-,23-/m1/s1. The van der Waals surface area contributed by atoms with Crippen molar-refractivity contribution in [3.63, 3.8) is 0 Å². The number of aromatic nitrogens is 4. The van der Waals surface area contributed by atoms with Crippen LogP contribution in [0.25, 0.3) is 11.4 Å². The van der Waals surface area contributed by atoms with Gasteiger partial charge in [-0.25, -0.2) is 9.97 Å². The molecule has 13 heteroatoms. The van der Waals surface area contributed by atoms with Crippen LogP contribution >= 0.6 is 0 Å². The average Bonchev–Trinajstić information content (AvgIpc) is 3.45. The Morgan fingerprint density at radius 2 is 1.89 bits per heavy atom. The van der Waals surface area contributed by atoms with Crippen molar-refractivity contribution in [3.05, 3.63) is 24.2 Å². The molecule has 3 fully saturated rings. The van der Waals surface area contributed by atoms with Gasteiger partial charge in [-0.2, -0.15) is 18.3 Å². The van der Waals surface area contributed by atoms with Gasteiger partial charge in [-0.1, -0.05) is 0 Å². The summed E-state index contributed by atoms with van der Waals surface area (Å²) in [4.78, 5) is 36.2. The molecular weight excluding hydrogens is 493 g/mol. The van der Waals surface area contributed by atoms with Crippen LogP contribution in [0.5, 0.6) is 5.88 Å². The third-order valence-corrected chi connectivity index (χ3v) is 7.95. The molecule has 3 N–H and O–H groups in total. The van der Waals surface area contributed by atoms with Crippen molar-refractivity contribution in [2.45, 2.75) is 74.7 Å². The molecule has 0 unspecified atom stereocenters. The molecule has 3 heterocycles. The van der Waals surface area contributed by atoms with E-state index >= 15 is 0 Å². The molecule has 2 aliphatic carbocycles. The summed E-state index contributed by atoms with van der Waals surface area (Å²) >= 11 is 0. The quantitative estimate of drug-likeness (QED) is 0.550. The third-order valence-electron chi connectivity index (χ3n) is 7.95. The molecule has 37 heavy (non-hydrogen) atoms. The second-order valence-electron chi connectivity index (χ2n) is 10.3. The Kier molecular flexibility index (Phi) is 6.37. The maximum absolute atomic E-state index is 13.3. The summed E-state index contributed by atoms with van der Waals surface area (Å²) in [7, 11) is 1.50. The minimum atomic E-state index is -4.67. The fourth-order valence-electron chi connectivity index (χ4n) is 5.49. The molecule has 0 radical (unpaired) electrons. The Hall–Kier alpha value is -3.22. The lowest BCUT2D eigenvalue weighted by Crippen LogP contribution is -2.54. The zero-order valence-electron chi connectivity index (χ0n) is 20.3. The Morgan fingerprint density at radius 1 is 1.16 bits per heavy atom. The summed E-state index contributed by atoms with van der Waals surface area (Å²) in [5, 5.41) is 19.8. The van der Waals surface area contributed by atoms with Crippen LogP contribution in [0.3, 0.4) is 0 Å². The van der Waals surface area contributed by atoms with E-state index in [2.05, 4.69) is 25.5 Å². The molecular formula is C24H29F3N6O4. The van der Waals surface area contributed by atoms with E-state index in [0.717, 1.165) is 12.8 Å². The van der Waals surface area contributed by atoms with Crippen molar-refractivity contribution in [3.8, 4) is 17.3 Å². The molecule has 5 rings (SSSR count). The molecule has 2 aromatic heterocycles. The van der Waals surface area contributed by atoms with Crippen molar-refractivity contribution in [1.82, 2.24) is 30.4 Å². The maximum Gasteiger partial charge on any atom is 0.417 e. The highest BCUT2D eigenvalue weighted by Crippen LogP contribution is 2.50. The van der Waals surface area contributed by atoms with E-state index in [1.807, 2.05) is 0 Å². The molecule has 1 aliphatic heterocycles. The number of aromatic amines is 1. The summed E-state index contributed by atoms with van der Waals surface area (Å²) in [6.45, 7) is 0.388. The second kappa shape index (κ2) is 9.26. The minimum Gasteiger partial charge on any atom is -0.481 e. The van der Waals surface area contributed by atoms with Gasteiger partial charge < -0.3 is 20.1 Å². The van der Waals surface area contributed by atoms with Gasteiger partial charge in [-0.3, -0.25) is 14.7 Å². The molecule has 2 saturated carbocycles. The molecule has 10 nitrogen and oxygen atoms in total. The van der Waals surface area contributed by atoms with Gasteiger partial charge in [0.25, 0.3) is 5.91 Å². The first-order valence-corrected chi connectivity index (χ1v) is 12.4. The first kappa shape index (κ1) is 25.4. The van der Waals surface area contributed by atoms with Crippen LogP contribution in [0.15, 0.2) is 18.5 Å². The van der Waals surface area contributed by atoms with Gasteiger partial charge in [0.15, 0.2) is 11.3 Å². The number of piperidine rings is 1. The van der Waals surface area contributed by atoms with E-state index in [1.54, 1.807) is 17.0 Å². The Morgan fingerprint density at radius 3 is 2.54 bits per heavy atom. The highest BCUT2D eigenvalue weighted by atomic mass is 19.4. The van der Waals surface area contributed by atoms with Crippen LogP contribution in [0.1, 0.15) is 61.9 Å². The van der Waals surface area contributed by atoms with Crippen molar-refractivity contribution in [1.29, 1.82) is 0 Å². The van der Waals surface area contributed by atoms with Gasteiger partial charge in [-0.15, -0.1) is 0 Å². The monoisotopic (exact) mass is 522 g/mol. The summed E-state index contributed by atoms with van der Waals surface area (Å²) in [6.07, 6.45) is -1.49. The Balaban J connectivity index is 1.19. The summed E-state index contributed by atoms with van der Waals surface area (Å²) < 4.78 is 44.3. The zero-order chi connectivity index (χ0) is 26.4. The predicted octanol–water partition coefficient (Wildman–Crippen LogP) is 2.61. The number of alkyl halides is 3. The van der Waals surface area contributed by atoms with Crippen LogP contribution in [0.4, 0.5) is 13.2 Å². The molecule has 0 bridgehead atoms. The van der Waals surface area contributed by atoms with Gasteiger partial charge in [0.2, 0.25) is 11.8 Å². The van der Waals surface area contributed by atoms with Gasteiger partial charge in [0, 0.05) is 30.1 Å². The topological polar surface area (TPSA) is 133 Å². The SMILES string of the molecule is COc1cc(-c2cc(C(=O)N3CC[C@@H](C(=O)N[C@H]4CC[C@@](O)(C(F)(F)F)CC4)CC34CC4)n[nH]2)ncn1. The number of methoxy groups -OCH3 is 1. The number of amides is 2. The highest BCUT2D eigenvalue weighted by molar-refractivity contribution is 5.94. The van der Waals surface area contributed by atoms with Gasteiger partial charge >= 0.3 is 6.18 Å². The summed E-state index contributed by atoms with van der Waals surface area (Å²) in [6, 6.07) is 2.86. The van der Waals surface area contributed by atoms with Crippen LogP contribution in [0, 0.1) is 5.92 Å². The number of likely N-dealkylation sites (tertiary alicyclic amines) is 1. The van der Waals surface area contributed by atoms with Gasteiger partial charge in [0.1, 0.15) is 6.33 Å². The zero-order valence-corrected chi connectivity index (χ0v) is 20.3. The Labute approximate surface area is 211 Å². The van der Waals surface area contributed by atoms with E-state index in [4.69, 9.17) is 4.74 Å². The van der Waals surface area contributed by atoms with E-state index in [0.29, 0.717) is 36.7 Å². The molecule has 1 spiro atoms. The number of H-pyrrole nitrogens is 1. The maximum atomic E-state index is 13.3. The highest BCUT2D eigenvalue weighted by Gasteiger charge is 2.56. The lowest BCUT2D eigenvalue weighted by molar-refractivity contribution is -0.270. The second-order valence-corrected chi connectivity index (χ2v) is 10.3. The number of hydrogen-bond acceptors (Lipinski definition) is 7. The smallest absolute Gasteiger partial charge is 0.417 e. The largest absolute Gasteiger partial charge is 0.481 e. The summed E-state index contributed by atoms with van der Waals surface area (Å²) in [5.74, 6) is -0.355. The van der Waals surface area contributed by atoms with Crippen LogP contribution in [-0.4, -0.2) is 79.0 Å². The Bertz CT molecular complexity index is 1170. The van der Waals surface area contributed by atoms with Gasteiger partial charge in [0.05, 0.1) is 18.5 Å². The number of hydrogen-bond donors (Lipinski definition) is 3. The number of rotatable bonds is 5. The lowest BCUT2D eigenvalue weighted by Gasteiger charge is -2.41. The van der Waals surface area contributed by atoms with Crippen molar-refractivity contribution >= 4 is 11.8 Å². The average molecular weight is 523 g/mol. The summed E-state index contributed by atoms with van der Waals surface area (Å²) in [5.41, 5.74) is -1.75. The van der Waals surface area contributed by atoms with E-state index in [1.165, 1.54) is 13.4 Å². The van der Waals surface area contributed by atoms with Gasteiger partial charge in [-0.05, 0) is 57.4 Å². The molecule has 2 amide bonds. The number of halogens is 3. The van der Waals surface area contributed by atoms with Crippen molar-refractivity contribution in [2.24, 2.45) is 5.92 Å². The predicted molar refractivity (Wildman–Crippen MR) is 123 cm³/mol. The number of carbonyl (C=O) groups excluding carboxylic acids is 2. The number of ether oxygens (including phenoxy) is 1. The fourth-order valence-corrected chi connectivity index (χ4v) is 5.49. The van der Waals surface area contributed by atoms with Crippen LogP contribution in [-0.2, 0) is 4.79 Å². The first-order valence-electron chi connectivity index (χ1n) is 12.4. The molecule has 1 atom stereocenters. The molecule has 1 saturated heterocycles. The first-order chi connectivity index (χ1) is 17.5. The minimum absolute atomic E-state index is 0.0733. The normalized spacial score (nSPS) is 27.1.